The number of esters is 2. The quantitative estimate of drug-likeness (QED) is 0.196. The maximum atomic E-state index is 10.8. The largest absolute Gasteiger partial charge is 0.386 e. The minimum atomic E-state index is -0.550. The zero-order valence-electron chi connectivity index (χ0n) is 16.9. The van der Waals surface area contributed by atoms with Gasteiger partial charge in [-0.05, 0) is 70.0 Å². The number of ether oxygens (including phenoxy) is 1. The van der Waals surface area contributed by atoms with E-state index in [-0.39, 0.29) is 0 Å². The summed E-state index contributed by atoms with van der Waals surface area (Å²) in [6.45, 7) is 2.37. The number of carbonyl (C=O) groups excluding carboxylic acids is 2. The van der Waals surface area contributed by atoms with Gasteiger partial charge in [0.2, 0.25) is 0 Å². The molecule has 0 spiro atoms. The number of carbonyl (C=O) groups is 2. The van der Waals surface area contributed by atoms with Crippen LogP contribution < -0.4 is 0 Å². The van der Waals surface area contributed by atoms with Crippen LogP contribution in [0.5, 0.6) is 0 Å². The van der Waals surface area contributed by atoms with Crippen LogP contribution in [0.4, 0.5) is 0 Å². The fraction of sp³-hybridized carbons (Fsp3) is 0.185. The Morgan fingerprint density at radius 2 is 1.40 bits per heavy atom. The summed E-state index contributed by atoms with van der Waals surface area (Å²) in [5.41, 5.74) is 3.89. The van der Waals surface area contributed by atoms with Gasteiger partial charge >= 0.3 is 11.9 Å². The molecule has 148 valence electrons. The van der Waals surface area contributed by atoms with Crippen molar-refractivity contribution in [3.8, 4) is 0 Å². The van der Waals surface area contributed by atoms with E-state index >= 15 is 0 Å². The van der Waals surface area contributed by atoms with Crippen molar-refractivity contribution >= 4 is 33.5 Å². The second kappa shape index (κ2) is 7.42. The predicted octanol–water partition coefficient (Wildman–Crippen LogP) is 6.43. The topological polar surface area (TPSA) is 43.4 Å². The highest BCUT2D eigenvalue weighted by molar-refractivity contribution is 6.14. The number of rotatable bonds is 0. The minimum absolute atomic E-state index is 0.359. The molecule has 0 fully saturated rings. The number of cyclic esters (lactones) is 2. The highest BCUT2D eigenvalue weighted by atomic mass is 16.6. The first kappa shape index (κ1) is 18.6. The van der Waals surface area contributed by atoms with Crippen molar-refractivity contribution < 1.29 is 14.3 Å². The molecule has 1 unspecified atom stereocenters. The van der Waals surface area contributed by atoms with Gasteiger partial charge in [0, 0.05) is 0 Å². The van der Waals surface area contributed by atoms with Gasteiger partial charge in [-0.3, -0.25) is 0 Å². The first-order valence-corrected chi connectivity index (χ1v) is 10.4. The zero-order valence-corrected chi connectivity index (χ0v) is 16.9. The van der Waals surface area contributed by atoms with Gasteiger partial charge in [-0.25, -0.2) is 9.59 Å². The van der Waals surface area contributed by atoms with Gasteiger partial charge in [0.05, 0.1) is 11.1 Å². The summed E-state index contributed by atoms with van der Waals surface area (Å²) in [4.78, 5) is 21.7. The van der Waals surface area contributed by atoms with Gasteiger partial charge in [0.25, 0.3) is 0 Å². The maximum Gasteiger partial charge on any atom is 0.346 e. The lowest BCUT2D eigenvalue weighted by atomic mass is 9.81. The highest BCUT2D eigenvalue weighted by Gasteiger charge is 2.28. The van der Waals surface area contributed by atoms with Crippen LogP contribution in [-0.2, 0) is 11.2 Å². The lowest BCUT2D eigenvalue weighted by Gasteiger charge is -2.24. The smallest absolute Gasteiger partial charge is 0.346 e. The Bertz CT molecular complexity index is 1270. The van der Waals surface area contributed by atoms with Crippen molar-refractivity contribution in [3.63, 3.8) is 0 Å². The summed E-state index contributed by atoms with van der Waals surface area (Å²) in [5.74, 6) is -0.379. The average molecular weight is 394 g/mol. The molecule has 1 heterocycles. The summed E-state index contributed by atoms with van der Waals surface area (Å²) in [6.07, 6.45) is 3.92. The van der Waals surface area contributed by atoms with Crippen molar-refractivity contribution in [2.75, 3.05) is 0 Å². The standard InChI is InChI=1S/C19H18.C8H4O3/c1-13-5-4-8-17-15(13)11-12-18-16-7-3-2-6-14(16)9-10-19(17)18;9-7-5-3-1-2-4-6(5)8(10)11-7/h2-3,6-7,9-13H,4-5,8H2,1H3;1-4H. The Hall–Kier alpha value is -3.46. The number of fused-ring (bicyclic) bond motifs is 6. The predicted molar refractivity (Wildman–Crippen MR) is 119 cm³/mol. The molecule has 0 saturated carbocycles. The third-order valence-electron chi connectivity index (χ3n) is 6.22. The molecule has 3 nitrogen and oxygen atoms in total. The van der Waals surface area contributed by atoms with Crippen molar-refractivity contribution in [1.29, 1.82) is 0 Å². The van der Waals surface area contributed by atoms with Crippen LogP contribution in [0.25, 0.3) is 21.5 Å². The molecule has 0 amide bonds. The van der Waals surface area contributed by atoms with E-state index in [9.17, 15) is 9.59 Å². The summed E-state index contributed by atoms with van der Waals surface area (Å²) < 4.78 is 4.35. The highest BCUT2D eigenvalue weighted by Crippen LogP contribution is 2.37. The zero-order chi connectivity index (χ0) is 20.7. The van der Waals surface area contributed by atoms with Crippen molar-refractivity contribution in [3.05, 3.63) is 95.1 Å². The van der Waals surface area contributed by atoms with Gasteiger partial charge in [-0.2, -0.15) is 0 Å². The normalized spacial score (nSPS) is 17.2. The molecule has 30 heavy (non-hydrogen) atoms. The van der Waals surface area contributed by atoms with Crippen molar-refractivity contribution in [1.82, 2.24) is 0 Å². The summed E-state index contributed by atoms with van der Waals surface area (Å²) in [5, 5.41) is 5.63. The molecule has 0 saturated heterocycles. The molecule has 4 aromatic rings. The monoisotopic (exact) mass is 394 g/mol. The van der Waals surface area contributed by atoms with Crippen LogP contribution >= 0.6 is 0 Å². The molecular formula is C27H22O3. The molecule has 3 heteroatoms. The fourth-order valence-electron chi connectivity index (χ4n) is 4.68. The van der Waals surface area contributed by atoms with E-state index in [0.29, 0.717) is 11.1 Å². The van der Waals surface area contributed by atoms with E-state index in [2.05, 4.69) is 60.2 Å². The van der Waals surface area contributed by atoms with E-state index in [0.717, 1.165) is 5.92 Å². The molecule has 6 rings (SSSR count). The first-order valence-electron chi connectivity index (χ1n) is 10.4. The summed E-state index contributed by atoms with van der Waals surface area (Å²) in [7, 11) is 0. The molecule has 0 aromatic heterocycles. The maximum absolute atomic E-state index is 10.8. The molecule has 1 aliphatic heterocycles. The first-order chi connectivity index (χ1) is 14.6. The van der Waals surface area contributed by atoms with Crippen LogP contribution in [-0.4, -0.2) is 11.9 Å². The van der Waals surface area contributed by atoms with E-state index < -0.39 is 11.9 Å². The van der Waals surface area contributed by atoms with Gasteiger partial charge in [0.15, 0.2) is 0 Å². The van der Waals surface area contributed by atoms with Gasteiger partial charge in [-0.1, -0.05) is 67.6 Å². The Balaban J connectivity index is 0.000000149. The van der Waals surface area contributed by atoms with Gasteiger partial charge in [0.1, 0.15) is 0 Å². The molecule has 0 N–H and O–H groups in total. The van der Waals surface area contributed by atoms with Crippen LogP contribution in [0.15, 0.2) is 72.8 Å². The molecule has 0 radical (unpaired) electrons. The Labute approximate surface area is 175 Å². The molecule has 1 aliphatic carbocycles. The van der Waals surface area contributed by atoms with Crippen LogP contribution in [0, 0.1) is 0 Å². The minimum Gasteiger partial charge on any atom is -0.386 e. The Kier molecular flexibility index (Phi) is 4.59. The number of hydrogen-bond acceptors (Lipinski definition) is 3. The van der Waals surface area contributed by atoms with E-state index in [4.69, 9.17) is 0 Å². The summed E-state index contributed by atoms with van der Waals surface area (Å²) >= 11 is 0. The average Bonchev–Trinajstić information content (AvgIpc) is 3.08. The molecular weight excluding hydrogens is 372 g/mol. The lowest BCUT2D eigenvalue weighted by molar-refractivity contribution is 0.0444. The summed E-state index contributed by atoms with van der Waals surface area (Å²) in [6, 6.07) is 24.5. The Morgan fingerprint density at radius 1 is 0.733 bits per heavy atom. The Morgan fingerprint density at radius 3 is 2.17 bits per heavy atom. The third-order valence-corrected chi connectivity index (χ3v) is 6.22. The van der Waals surface area contributed by atoms with Crippen molar-refractivity contribution in [2.45, 2.75) is 32.1 Å². The van der Waals surface area contributed by atoms with Crippen LogP contribution in [0.3, 0.4) is 0 Å². The molecule has 0 bridgehead atoms. The van der Waals surface area contributed by atoms with Crippen LogP contribution in [0.1, 0.15) is 57.5 Å². The number of aryl methyl sites for hydroxylation is 1. The van der Waals surface area contributed by atoms with E-state index in [1.807, 2.05) is 0 Å². The number of benzene rings is 4. The van der Waals surface area contributed by atoms with E-state index in [1.165, 1.54) is 40.8 Å². The SMILES string of the molecule is CC1CCCc2c1ccc1c2ccc2ccccc21.O=C1OC(=O)c2ccccc21. The molecule has 1 atom stereocenters. The second-order valence-electron chi connectivity index (χ2n) is 8.03. The van der Waals surface area contributed by atoms with Gasteiger partial charge in [-0.15, -0.1) is 0 Å². The van der Waals surface area contributed by atoms with Crippen LogP contribution in [0.2, 0.25) is 0 Å². The van der Waals surface area contributed by atoms with E-state index in [1.54, 1.807) is 35.4 Å². The lowest BCUT2D eigenvalue weighted by Crippen LogP contribution is -2.07. The molecule has 4 aromatic carbocycles. The number of hydrogen-bond donors (Lipinski definition) is 0. The van der Waals surface area contributed by atoms with Crippen molar-refractivity contribution in [2.24, 2.45) is 0 Å². The second-order valence-corrected chi connectivity index (χ2v) is 8.03. The van der Waals surface area contributed by atoms with Gasteiger partial charge < -0.3 is 4.74 Å². The fourth-order valence-corrected chi connectivity index (χ4v) is 4.68. The third kappa shape index (κ3) is 3.07. The molecule has 2 aliphatic rings.